The van der Waals surface area contributed by atoms with Gasteiger partial charge < -0.3 is 9.72 Å². The van der Waals surface area contributed by atoms with Crippen molar-refractivity contribution in [3.05, 3.63) is 33.9 Å². The van der Waals surface area contributed by atoms with E-state index in [0.29, 0.717) is 11.5 Å². The minimum atomic E-state index is -0.295. The third-order valence-electron chi connectivity index (χ3n) is 4.23. The van der Waals surface area contributed by atoms with Crippen LogP contribution in [0.25, 0.3) is 10.9 Å². The number of esters is 1. The van der Waals surface area contributed by atoms with E-state index in [0.717, 1.165) is 10.1 Å². The maximum Gasteiger partial charge on any atom is 0.337 e. The molecule has 4 heteroatoms. The van der Waals surface area contributed by atoms with Crippen LogP contribution < -0.4 is 0 Å². The molecule has 0 unspecified atom stereocenters. The third kappa shape index (κ3) is 3.37. The molecule has 0 radical (unpaired) electrons. The summed E-state index contributed by atoms with van der Waals surface area (Å²) in [7, 11) is 1.41. The van der Waals surface area contributed by atoms with Crippen LogP contribution >= 0.6 is 15.9 Å². The van der Waals surface area contributed by atoms with Gasteiger partial charge in [-0.2, -0.15) is 0 Å². The molecule has 1 fully saturated rings. The summed E-state index contributed by atoms with van der Waals surface area (Å²) in [6, 6.07) is 5.76. The third-order valence-corrected chi connectivity index (χ3v) is 4.85. The lowest BCUT2D eigenvalue weighted by molar-refractivity contribution is 0.0601. The van der Waals surface area contributed by atoms with Crippen LogP contribution in [-0.4, -0.2) is 18.1 Å². The Hall–Kier alpha value is -1.29. The average molecular weight is 366 g/mol. The molecule has 1 saturated carbocycles. The highest BCUT2D eigenvalue weighted by Gasteiger charge is 2.22. The first kappa shape index (κ1) is 17.1. The number of ether oxygens (including phenoxy) is 1. The standard InChI is InChI=1S/C16H18BrNO2.C2H6/c1-20-16(19)11-7-8-12-13(9-11)18-15(17)14(12)10-5-3-2-4-6-10;1-2/h7-10,18H,2-6H2,1H3;1-2H3. The highest BCUT2D eigenvalue weighted by molar-refractivity contribution is 9.10. The molecule has 0 bridgehead atoms. The number of aromatic nitrogens is 1. The molecule has 3 nitrogen and oxygen atoms in total. The van der Waals surface area contributed by atoms with Crippen LogP contribution in [0.2, 0.25) is 0 Å². The topological polar surface area (TPSA) is 42.1 Å². The highest BCUT2D eigenvalue weighted by atomic mass is 79.9. The summed E-state index contributed by atoms with van der Waals surface area (Å²) in [4.78, 5) is 15.0. The van der Waals surface area contributed by atoms with E-state index >= 15 is 0 Å². The van der Waals surface area contributed by atoms with Gasteiger partial charge in [-0.3, -0.25) is 0 Å². The molecule has 0 atom stereocenters. The smallest absolute Gasteiger partial charge is 0.337 e. The Morgan fingerprint density at radius 2 is 1.91 bits per heavy atom. The monoisotopic (exact) mass is 365 g/mol. The maximum atomic E-state index is 11.6. The molecule has 0 saturated heterocycles. The first-order valence-corrected chi connectivity index (χ1v) is 8.89. The largest absolute Gasteiger partial charge is 0.465 e. The number of carbonyl (C=O) groups excluding carboxylic acids is 1. The van der Waals surface area contributed by atoms with Gasteiger partial charge in [-0.05, 0) is 52.4 Å². The molecule has 120 valence electrons. The number of aromatic amines is 1. The first-order valence-electron chi connectivity index (χ1n) is 8.10. The molecule has 1 aliphatic rings. The predicted molar refractivity (Wildman–Crippen MR) is 94.5 cm³/mol. The van der Waals surface area contributed by atoms with Gasteiger partial charge in [0.05, 0.1) is 17.3 Å². The summed E-state index contributed by atoms with van der Waals surface area (Å²) >= 11 is 3.65. The summed E-state index contributed by atoms with van der Waals surface area (Å²) in [5.41, 5.74) is 2.96. The fourth-order valence-electron chi connectivity index (χ4n) is 3.22. The number of benzene rings is 1. The second kappa shape index (κ2) is 7.82. The van der Waals surface area contributed by atoms with E-state index in [2.05, 4.69) is 20.9 Å². The molecule has 1 heterocycles. The molecule has 1 aromatic carbocycles. The Morgan fingerprint density at radius 3 is 2.55 bits per heavy atom. The minimum Gasteiger partial charge on any atom is -0.465 e. The zero-order chi connectivity index (χ0) is 16.1. The number of halogens is 1. The zero-order valence-corrected chi connectivity index (χ0v) is 15.1. The molecule has 0 amide bonds. The van der Waals surface area contributed by atoms with Crippen molar-refractivity contribution in [1.82, 2.24) is 4.98 Å². The molecule has 2 aromatic rings. The summed E-state index contributed by atoms with van der Waals surface area (Å²) in [6.07, 6.45) is 6.48. The molecular weight excluding hydrogens is 342 g/mol. The van der Waals surface area contributed by atoms with Crippen molar-refractivity contribution in [3.8, 4) is 0 Å². The SMILES string of the molecule is CC.COC(=O)c1ccc2c(C3CCCCC3)c(Br)[nH]c2c1. The van der Waals surface area contributed by atoms with Crippen molar-refractivity contribution in [2.24, 2.45) is 0 Å². The Balaban J connectivity index is 0.000000847. The summed E-state index contributed by atoms with van der Waals surface area (Å²) in [5.74, 6) is 0.327. The Kier molecular flexibility index (Phi) is 6.07. The van der Waals surface area contributed by atoms with E-state index < -0.39 is 0 Å². The van der Waals surface area contributed by atoms with Crippen LogP contribution in [0, 0.1) is 0 Å². The molecule has 1 N–H and O–H groups in total. The lowest BCUT2D eigenvalue weighted by Crippen LogP contribution is -2.04. The molecule has 1 aromatic heterocycles. The molecule has 1 aliphatic carbocycles. The van der Waals surface area contributed by atoms with E-state index in [1.54, 1.807) is 0 Å². The average Bonchev–Trinajstić information content (AvgIpc) is 2.91. The van der Waals surface area contributed by atoms with Crippen LogP contribution in [0.15, 0.2) is 22.8 Å². The summed E-state index contributed by atoms with van der Waals surface area (Å²) in [5, 5.41) is 1.22. The number of fused-ring (bicyclic) bond motifs is 1. The Bertz CT molecular complexity index is 642. The van der Waals surface area contributed by atoms with E-state index in [9.17, 15) is 4.79 Å². The van der Waals surface area contributed by atoms with Gasteiger partial charge in [0.15, 0.2) is 0 Å². The zero-order valence-electron chi connectivity index (χ0n) is 13.5. The number of carbonyl (C=O) groups is 1. The van der Waals surface area contributed by atoms with Crippen LogP contribution in [0.3, 0.4) is 0 Å². The van der Waals surface area contributed by atoms with Crippen LogP contribution in [0.5, 0.6) is 0 Å². The maximum absolute atomic E-state index is 11.6. The Labute approximate surface area is 140 Å². The van der Waals surface area contributed by atoms with Crippen molar-refractivity contribution >= 4 is 32.8 Å². The van der Waals surface area contributed by atoms with Gasteiger partial charge in [-0.1, -0.05) is 39.2 Å². The Morgan fingerprint density at radius 1 is 1.23 bits per heavy atom. The second-order valence-electron chi connectivity index (χ2n) is 5.44. The first-order chi connectivity index (χ1) is 10.7. The van der Waals surface area contributed by atoms with Crippen molar-refractivity contribution in [3.63, 3.8) is 0 Å². The van der Waals surface area contributed by atoms with Crippen molar-refractivity contribution in [2.45, 2.75) is 51.9 Å². The summed E-state index contributed by atoms with van der Waals surface area (Å²) in [6.45, 7) is 4.00. The number of rotatable bonds is 2. The van der Waals surface area contributed by atoms with Crippen LogP contribution in [0.1, 0.15) is 67.8 Å². The number of hydrogen-bond acceptors (Lipinski definition) is 2. The van der Waals surface area contributed by atoms with Gasteiger partial charge in [-0.25, -0.2) is 4.79 Å². The van der Waals surface area contributed by atoms with Crippen molar-refractivity contribution in [1.29, 1.82) is 0 Å². The lowest BCUT2D eigenvalue weighted by atomic mass is 9.84. The van der Waals surface area contributed by atoms with Gasteiger partial charge in [0, 0.05) is 10.9 Å². The van der Waals surface area contributed by atoms with Crippen molar-refractivity contribution in [2.75, 3.05) is 7.11 Å². The highest BCUT2D eigenvalue weighted by Crippen LogP contribution is 2.40. The fraction of sp³-hybridized carbons (Fsp3) is 0.500. The lowest BCUT2D eigenvalue weighted by Gasteiger charge is -2.21. The molecule has 0 aliphatic heterocycles. The van der Waals surface area contributed by atoms with Gasteiger partial charge in [-0.15, -0.1) is 0 Å². The number of nitrogens with one attached hydrogen (secondary N) is 1. The minimum absolute atomic E-state index is 0.295. The number of hydrogen-bond donors (Lipinski definition) is 1. The van der Waals surface area contributed by atoms with E-state index in [1.165, 1.54) is 50.2 Å². The number of H-pyrrole nitrogens is 1. The van der Waals surface area contributed by atoms with E-state index in [4.69, 9.17) is 4.74 Å². The molecule has 0 spiro atoms. The quantitative estimate of drug-likeness (QED) is 0.684. The van der Waals surface area contributed by atoms with E-state index in [1.807, 2.05) is 32.0 Å². The van der Waals surface area contributed by atoms with Gasteiger partial charge in [0.1, 0.15) is 0 Å². The normalized spacial score (nSPS) is 15.3. The second-order valence-corrected chi connectivity index (χ2v) is 6.23. The molecular formula is C18H24BrNO2. The van der Waals surface area contributed by atoms with Crippen LogP contribution in [0.4, 0.5) is 0 Å². The van der Waals surface area contributed by atoms with Crippen LogP contribution in [-0.2, 0) is 4.74 Å². The number of methoxy groups -OCH3 is 1. The van der Waals surface area contributed by atoms with Gasteiger partial charge >= 0.3 is 5.97 Å². The summed E-state index contributed by atoms with van der Waals surface area (Å²) < 4.78 is 5.83. The molecule has 3 rings (SSSR count). The van der Waals surface area contributed by atoms with Crippen molar-refractivity contribution < 1.29 is 9.53 Å². The van der Waals surface area contributed by atoms with Gasteiger partial charge in [0.2, 0.25) is 0 Å². The fourth-order valence-corrected chi connectivity index (χ4v) is 3.97. The van der Waals surface area contributed by atoms with E-state index in [-0.39, 0.29) is 5.97 Å². The van der Waals surface area contributed by atoms with Gasteiger partial charge in [0.25, 0.3) is 0 Å². The predicted octanol–water partition coefficient (Wildman–Crippen LogP) is 5.79. The molecule has 22 heavy (non-hydrogen) atoms.